The highest BCUT2D eigenvalue weighted by Crippen LogP contribution is 2.15. The minimum atomic E-state index is 0.0286. The summed E-state index contributed by atoms with van der Waals surface area (Å²) in [5, 5.41) is 6.98. The molecule has 2 heterocycles. The van der Waals surface area contributed by atoms with E-state index in [1.807, 2.05) is 4.90 Å². The predicted molar refractivity (Wildman–Crippen MR) is 63.3 cm³/mol. The number of aromatic nitrogens is 2. The van der Waals surface area contributed by atoms with Crippen molar-refractivity contribution >= 4 is 5.91 Å². The molecule has 5 heteroatoms. The Hall–Kier alpha value is -1.62. The summed E-state index contributed by atoms with van der Waals surface area (Å²) < 4.78 is 5.18. The third-order valence-corrected chi connectivity index (χ3v) is 2.84. The van der Waals surface area contributed by atoms with Crippen LogP contribution in [0.4, 0.5) is 0 Å². The van der Waals surface area contributed by atoms with E-state index in [1.165, 1.54) is 0 Å². The van der Waals surface area contributed by atoms with Gasteiger partial charge < -0.3 is 9.64 Å². The summed E-state index contributed by atoms with van der Waals surface area (Å²) in [5.41, 5.74) is 2.26. The normalized spacial score (nSPS) is 15.2. The second-order valence-corrected chi connectivity index (χ2v) is 4.10. The molecule has 0 fully saturated rings. The van der Waals surface area contributed by atoms with Gasteiger partial charge in [-0.15, -0.1) is 6.58 Å². The van der Waals surface area contributed by atoms with Crippen LogP contribution >= 0.6 is 0 Å². The first-order valence-electron chi connectivity index (χ1n) is 5.79. The van der Waals surface area contributed by atoms with Gasteiger partial charge in [-0.3, -0.25) is 9.89 Å². The maximum atomic E-state index is 11.9. The largest absolute Gasteiger partial charge is 0.368 e. The van der Waals surface area contributed by atoms with E-state index in [9.17, 15) is 4.79 Å². The summed E-state index contributed by atoms with van der Waals surface area (Å²) in [7, 11) is 0. The molecule has 0 saturated heterocycles. The molecular weight excluding hydrogens is 218 g/mol. The van der Waals surface area contributed by atoms with Crippen LogP contribution in [0.1, 0.15) is 17.7 Å². The fraction of sp³-hybridized carbons (Fsp3) is 0.500. The van der Waals surface area contributed by atoms with Crippen LogP contribution in [0.2, 0.25) is 0 Å². The molecule has 2 rings (SSSR count). The number of rotatable bonds is 4. The SMILES string of the molecule is C=CCOCC(=O)N1CCCc2[nH]ncc2C1. The molecule has 17 heavy (non-hydrogen) atoms. The molecule has 1 aromatic rings. The van der Waals surface area contributed by atoms with Crippen molar-refractivity contribution in [2.75, 3.05) is 19.8 Å². The van der Waals surface area contributed by atoms with Gasteiger partial charge in [0, 0.05) is 24.3 Å². The number of amides is 1. The number of nitrogens with one attached hydrogen (secondary N) is 1. The van der Waals surface area contributed by atoms with Gasteiger partial charge in [0.2, 0.25) is 5.91 Å². The van der Waals surface area contributed by atoms with E-state index in [0.29, 0.717) is 13.2 Å². The Labute approximate surface area is 100 Å². The number of carbonyl (C=O) groups is 1. The molecule has 5 nitrogen and oxygen atoms in total. The van der Waals surface area contributed by atoms with Crippen molar-refractivity contribution in [2.45, 2.75) is 19.4 Å². The maximum absolute atomic E-state index is 11.9. The van der Waals surface area contributed by atoms with E-state index in [-0.39, 0.29) is 12.5 Å². The summed E-state index contributed by atoms with van der Waals surface area (Å²) in [6.45, 7) is 5.49. The quantitative estimate of drug-likeness (QED) is 0.622. The highest BCUT2D eigenvalue weighted by molar-refractivity contribution is 5.77. The average Bonchev–Trinajstić information content (AvgIpc) is 2.66. The van der Waals surface area contributed by atoms with E-state index in [1.54, 1.807) is 12.3 Å². The van der Waals surface area contributed by atoms with Gasteiger partial charge in [-0.1, -0.05) is 6.08 Å². The Morgan fingerprint density at radius 3 is 3.41 bits per heavy atom. The lowest BCUT2D eigenvalue weighted by Gasteiger charge is -2.20. The number of carbonyl (C=O) groups excluding carboxylic acids is 1. The Bertz CT molecular complexity index is 400. The molecule has 1 aliphatic heterocycles. The molecule has 0 bridgehead atoms. The Balaban J connectivity index is 1.93. The summed E-state index contributed by atoms with van der Waals surface area (Å²) in [6.07, 6.45) is 5.35. The third-order valence-electron chi connectivity index (χ3n) is 2.84. The van der Waals surface area contributed by atoms with Crippen molar-refractivity contribution in [2.24, 2.45) is 0 Å². The molecule has 1 aliphatic rings. The van der Waals surface area contributed by atoms with Gasteiger partial charge in [-0.05, 0) is 12.8 Å². The van der Waals surface area contributed by atoms with Gasteiger partial charge in [-0.25, -0.2) is 0 Å². The lowest BCUT2D eigenvalue weighted by atomic mass is 10.2. The average molecular weight is 235 g/mol. The summed E-state index contributed by atoms with van der Waals surface area (Å²) in [5.74, 6) is 0.0286. The van der Waals surface area contributed by atoms with Crippen LogP contribution in [-0.2, 0) is 22.5 Å². The zero-order valence-electron chi connectivity index (χ0n) is 9.82. The number of hydrogen-bond acceptors (Lipinski definition) is 3. The smallest absolute Gasteiger partial charge is 0.248 e. The Kier molecular flexibility index (Phi) is 3.93. The molecule has 0 atom stereocenters. The standard InChI is InChI=1S/C12H17N3O2/c1-2-6-17-9-12(16)15-5-3-4-11-10(8-15)7-13-14-11/h2,7H,1,3-6,8-9H2,(H,13,14). The van der Waals surface area contributed by atoms with E-state index >= 15 is 0 Å². The first-order valence-corrected chi connectivity index (χ1v) is 5.79. The minimum Gasteiger partial charge on any atom is -0.368 e. The molecular formula is C12H17N3O2. The van der Waals surface area contributed by atoms with Crippen LogP contribution in [0.25, 0.3) is 0 Å². The first-order chi connectivity index (χ1) is 8.31. The van der Waals surface area contributed by atoms with Crippen molar-refractivity contribution in [1.29, 1.82) is 0 Å². The van der Waals surface area contributed by atoms with Crippen LogP contribution in [0.15, 0.2) is 18.9 Å². The molecule has 1 amide bonds. The second kappa shape index (κ2) is 5.63. The molecule has 1 N–H and O–H groups in total. The summed E-state index contributed by atoms with van der Waals surface area (Å²) in [6, 6.07) is 0. The molecule has 0 spiro atoms. The number of hydrogen-bond donors (Lipinski definition) is 1. The fourth-order valence-electron chi connectivity index (χ4n) is 1.96. The molecule has 0 aliphatic carbocycles. The second-order valence-electron chi connectivity index (χ2n) is 4.10. The fourth-order valence-corrected chi connectivity index (χ4v) is 1.96. The predicted octanol–water partition coefficient (Wildman–Crippen LogP) is 0.887. The van der Waals surface area contributed by atoms with Crippen LogP contribution in [-0.4, -0.2) is 40.8 Å². The van der Waals surface area contributed by atoms with E-state index in [0.717, 1.165) is 30.6 Å². The Morgan fingerprint density at radius 2 is 2.59 bits per heavy atom. The van der Waals surface area contributed by atoms with E-state index < -0.39 is 0 Å². The van der Waals surface area contributed by atoms with Gasteiger partial charge in [0.25, 0.3) is 0 Å². The third kappa shape index (κ3) is 2.94. The zero-order valence-corrected chi connectivity index (χ0v) is 9.82. The van der Waals surface area contributed by atoms with Crippen molar-refractivity contribution in [1.82, 2.24) is 15.1 Å². The minimum absolute atomic E-state index is 0.0286. The number of H-pyrrole nitrogens is 1. The van der Waals surface area contributed by atoms with Crippen LogP contribution < -0.4 is 0 Å². The molecule has 0 saturated carbocycles. The molecule has 0 unspecified atom stereocenters. The van der Waals surface area contributed by atoms with Gasteiger partial charge in [-0.2, -0.15) is 5.10 Å². The zero-order chi connectivity index (χ0) is 12.1. The van der Waals surface area contributed by atoms with Crippen LogP contribution in [0.3, 0.4) is 0 Å². The maximum Gasteiger partial charge on any atom is 0.248 e. The highest BCUT2D eigenvalue weighted by atomic mass is 16.5. The van der Waals surface area contributed by atoms with Crippen LogP contribution in [0, 0.1) is 0 Å². The van der Waals surface area contributed by atoms with E-state index in [2.05, 4.69) is 16.8 Å². The van der Waals surface area contributed by atoms with Crippen molar-refractivity contribution in [3.8, 4) is 0 Å². The van der Waals surface area contributed by atoms with Gasteiger partial charge in [0.15, 0.2) is 0 Å². The Morgan fingerprint density at radius 1 is 1.71 bits per heavy atom. The number of fused-ring (bicyclic) bond motifs is 1. The monoisotopic (exact) mass is 235 g/mol. The molecule has 0 aromatic carbocycles. The van der Waals surface area contributed by atoms with Crippen LogP contribution in [0.5, 0.6) is 0 Å². The summed E-state index contributed by atoms with van der Waals surface area (Å²) in [4.78, 5) is 13.7. The van der Waals surface area contributed by atoms with Gasteiger partial charge >= 0.3 is 0 Å². The number of ether oxygens (including phenoxy) is 1. The summed E-state index contributed by atoms with van der Waals surface area (Å²) >= 11 is 0. The van der Waals surface area contributed by atoms with E-state index in [4.69, 9.17) is 4.74 Å². The number of aryl methyl sites for hydroxylation is 1. The molecule has 1 aromatic heterocycles. The number of nitrogens with zero attached hydrogens (tertiary/aromatic N) is 2. The lowest BCUT2D eigenvalue weighted by Crippen LogP contribution is -2.33. The van der Waals surface area contributed by atoms with Crippen molar-refractivity contribution < 1.29 is 9.53 Å². The van der Waals surface area contributed by atoms with Crippen molar-refractivity contribution in [3.63, 3.8) is 0 Å². The first kappa shape index (κ1) is 11.9. The van der Waals surface area contributed by atoms with Gasteiger partial charge in [0.05, 0.1) is 12.8 Å². The number of aromatic amines is 1. The molecule has 92 valence electrons. The van der Waals surface area contributed by atoms with Crippen molar-refractivity contribution in [3.05, 3.63) is 30.1 Å². The topological polar surface area (TPSA) is 58.2 Å². The lowest BCUT2D eigenvalue weighted by molar-refractivity contribution is -0.136. The molecule has 0 radical (unpaired) electrons. The van der Waals surface area contributed by atoms with Gasteiger partial charge in [0.1, 0.15) is 6.61 Å². The highest BCUT2D eigenvalue weighted by Gasteiger charge is 2.19.